The highest BCUT2D eigenvalue weighted by molar-refractivity contribution is 7.87. The number of nitrogens with one attached hydrogen (secondary N) is 2. The van der Waals surface area contributed by atoms with Gasteiger partial charge in [0.2, 0.25) is 0 Å². The minimum absolute atomic E-state index is 0.0771. The lowest BCUT2D eigenvalue weighted by molar-refractivity contribution is 0.409. The van der Waals surface area contributed by atoms with Gasteiger partial charge < -0.3 is 5.32 Å². The van der Waals surface area contributed by atoms with E-state index in [9.17, 15) is 8.42 Å². The lowest BCUT2D eigenvalue weighted by Gasteiger charge is -2.22. The summed E-state index contributed by atoms with van der Waals surface area (Å²) >= 11 is 0. The molecule has 0 aromatic rings. The van der Waals surface area contributed by atoms with E-state index >= 15 is 0 Å². The zero-order chi connectivity index (χ0) is 11.4. The van der Waals surface area contributed by atoms with Crippen molar-refractivity contribution in [3.05, 3.63) is 0 Å². The second kappa shape index (κ2) is 5.44. The van der Waals surface area contributed by atoms with Crippen molar-refractivity contribution in [2.75, 3.05) is 26.2 Å². The Bertz CT molecular complexity index is 304. The third-order valence-electron chi connectivity index (χ3n) is 3.28. The van der Waals surface area contributed by atoms with Gasteiger partial charge in [0.1, 0.15) is 0 Å². The van der Waals surface area contributed by atoms with E-state index in [2.05, 4.69) is 10.0 Å². The Morgan fingerprint density at radius 2 is 1.81 bits per heavy atom. The molecule has 0 amide bonds. The summed E-state index contributed by atoms with van der Waals surface area (Å²) < 4.78 is 28.6. The van der Waals surface area contributed by atoms with Gasteiger partial charge in [0.15, 0.2) is 0 Å². The quantitative estimate of drug-likeness (QED) is 0.741. The molecule has 0 bridgehead atoms. The molecular weight excluding hydrogens is 226 g/mol. The van der Waals surface area contributed by atoms with Gasteiger partial charge in [-0.05, 0) is 25.8 Å². The molecule has 6 heteroatoms. The van der Waals surface area contributed by atoms with E-state index in [1.165, 1.54) is 0 Å². The standard InChI is InChI=1S/C10H21N3O2S/c14-16(15,12-10-5-6-11-9-10)13-7-3-1-2-4-8-13/h10-12H,1-9H2. The van der Waals surface area contributed by atoms with E-state index in [0.29, 0.717) is 13.1 Å². The Morgan fingerprint density at radius 1 is 1.12 bits per heavy atom. The number of hydrogen-bond donors (Lipinski definition) is 2. The van der Waals surface area contributed by atoms with Crippen LogP contribution in [-0.2, 0) is 10.2 Å². The number of rotatable bonds is 3. The highest BCUT2D eigenvalue weighted by atomic mass is 32.2. The summed E-state index contributed by atoms with van der Waals surface area (Å²) in [6, 6.07) is 0.0771. The smallest absolute Gasteiger partial charge is 0.279 e. The first-order chi connectivity index (χ1) is 7.68. The monoisotopic (exact) mass is 247 g/mol. The minimum Gasteiger partial charge on any atom is -0.315 e. The molecule has 5 nitrogen and oxygen atoms in total. The fourth-order valence-corrected chi connectivity index (χ4v) is 3.83. The van der Waals surface area contributed by atoms with Crippen molar-refractivity contribution < 1.29 is 8.42 Å². The predicted molar refractivity (Wildman–Crippen MR) is 63.4 cm³/mol. The second-order valence-corrected chi connectivity index (χ2v) is 6.33. The molecule has 0 aromatic carbocycles. The summed E-state index contributed by atoms with van der Waals surface area (Å²) in [7, 11) is -3.25. The molecule has 2 rings (SSSR count). The normalized spacial score (nSPS) is 29.1. The molecule has 0 radical (unpaired) electrons. The van der Waals surface area contributed by atoms with E-state index in [1.807, 2.05) is 0 Å². The zero-order valence-corrected chi connectivity index (χ0v) is 10.4. The lowest BCUT2D eigenvalue weighted by atomic mass is 10.2. The molecule has 2 aliphatic rings. The molecule has 0 saturated carbocycles. The van der Waals surface area contributed by atoms with Gasteiger partial charge in [-0.1, -0.05) is 12.8 Å². The number of nitrogens with zero attached hydrogens (tertiary/aromatic N) is 1. The van der Waals surface area contributed by atoms with Crippen LogP contribution in [0.3, 0.4) is 0 Å². The Kier molecular flexibility index (Phi) is 4.18. The van der Waals surface area contributed by atoms with Crippen LogP contribution in [-0.4, -0.2) is 44.9 Å². The molecule has 94 valence electrons. The maximum atomic E-state index is 12.1. The van der Waals surface area contributed by atoms with Gasteiger partial charge in [-0.3, -0.25) is 0 Å². The minimum atomic E-state index is -3.25. The lowest BCUT2D eigenvalue weighted by Crippen LogP contribution is -2.46. The van der Waals surface area contributed by atoms with Gasteiger partial charge in [-0.2, -0.15) is 17.4 Å². The summed E-state index contributed by atoms with van der Waals surface area (Å²) in [6.45, 7) is 3.02. The predicted octanol–water partition coefficient (Wildman–Crippen LogP) is 0.0587. The van der Waals surface area contributed by atoms with E-state index < -0.39 is 10.2 Å². The average Bonchev–Trinajstić information content (AvgIpc) is 2.56. The summed E-state index contributed by atoms with van der Waals surface area (Å²) in [4.78, 5) is 0. The molecule has 1 atom stereocenters. The van der Waals surface area contributed by atoms with Crippen LogP contribution in [0.1, 0.15) is 32.1 Å². The number of hydrogen-bond acceptors (Lipinski definition) is 3. The van der Waals surface area contributed by atoms with Gasteiger partial charge in [-0.25, -0.2) is 0 Å². The van der Waals surface area contributed by atoms with Crippen LogP contribution in [0.2, 0.25) is 0 Å². The van der Waals surface area contributed by atoms with Gasteiger partial charge in [0.05, 0.1) is 0 Å². The topological polar surface area (TPSA) is 61.4 Å². The van der Waals surface area contributed by atoms with Crippen LogP contribution in [0.15, 0.2) is 0 Å². The van der Waals surface area contributed by atoms with Gasteiger partial charge in [0, 0.05) is 25.7 Å². The molecule has 0 aliphatic carbocycles. The van der Waals surface area contributed by atoms with E-state index in [4.69, 9.17) is 0 Å². The summed E-state index contributed by atoms with van der Waals surface area (Å²) in [5, 5.41) is 3.16. The third kappa shape index (κ3) is 3.16. The highest BCUT2D eigenvalue weighted by Gasteiger charge is 2.27. The maximum Gasteiger partial charge on any atom is 0.279 e. The molecule has 2 aliphatic heterocycles. The first-order valence-electron chi connectivity index (χ1n) is 6.16. The van der Waals surface area contributed by atoms with Gasteiger partial charge in [-0.15, -0.1) is 0 Å². The molecule has 2 N–H and O–H groups in total. The Labute approximate surface area is 97.8 Å². The van der Waals surface area contributed by atoms with E-state index in [-0.39, 0.29) is 6.04 Å². The van der Waals surface area contributed by atoms with Crippen molar-refractivity contribution in [2.24, 2.45) is 0 Å². The molecular formula is C10H21N3O2S. The van der Waals surface area contributed by atoms with Crippen molar-refractivity contribution in [2.45, 2.75) is 38.1 Å². The highest BCUT2D eigenvalue weighted by Crippen LogP contribution is 2.13. The van der Waals surface area contributed by atoms with Crippen LogP contribution in [0.5, 0.6) is 0 Å². The third-order valence-corrected chi connectivity index (χ3v) is 4.96. The summed E-state index contributed by atoms with van der Waals surface area (Å²) in [5.41, 5.74) is 0. The fraction of sp³-hybridized carbons (Fsp3) is 1.00. The maximum absolute atomic E-state index is 12.1. The van der Waals surface area contributed by atoms with Crippen molar-refractivity contribution in [1.29, 1.82) is 0 Å². The van der Waals surface area contributed by atoms with Crippen LogP contribution in [0.25, 0.3) is 0 Å². The van der Waals surface area contributed by atoms with Crippen molar-refractivity contribution in [3.8, 4) is 0 Å². The Hall–Kier alpha value is -0.170. The van der Waals surface area contributed by atoms with E-state index in [0.717, 1.165) is 45.2 Å². The van der Waals surface area contributed by atoms with Crippen molar-refractivity contribution in [1.82, 2.24) is 14.3 Å². The van der Waals surface area contributed by atoms with Crippen molar-refractivity contribution in [3.63, 3.8) is 0 Å². The van der Waals surface area contributed by atoms with Crippen molar-refractivity contribution >= 4 is 10.2 Å². The van der Waals surface area contributed by atoms with Gasteiger partial charge in [0.25, 0.3) is 10.2 Å². The van der Waals surface area contributed by atoms with Crippen LogP contribution < -0.4 is 10.0 Å². The molecule has 2 heterocycles. The van der Waals surface area contributed by atoms with E-state index in [1.54, 1.807) is 4.31 Å². The molecule has 0 spiro atoms. The molecule has 16 heavy (non-hydrogen) atoms. The molecule has 1 unspecified atom stereocenters. The Balaban J connectivity index is 1.93. The first kappa shape index (κ1) is 12.3. The summed E-state index contributed by atoms with van der Waals surface area (Å²) in [5.74, 6) is 0. The molecule has 2 saturated heterocycles. The SMILES string of the molecule is O=S(=O)(NC1CCNC1)N1CCCCCC1. The fourth-order valence-electron chi connectivity index (χ4n) is 2.32. The van der Waals surface area contributed by atoms with Crippen LogP contribution in [0, 0.1) is 0 Å². The molecule has 2 fully saturated rings. The van der Waals surface area contributed by atoms with Crippen LogP contribution >= 0.6 is 0 Å². The second-order valence-electron chi connectivity index (χ2n) is 4.63. The first-order valence-corrected chi connectivity index (χ1v) is 7.60. The summed E-state index contributed by atoms with van der Waals surface area (Å²) in [6.07, 6.45) is 5.18. The van der Waals surface area contributed by atoms with Gasteiger partial charge >= 0.3 is 0 Å². The average molecular weight is 247 g/mol. The Morgan fingerprint density at radius 3 is 2.38 bits per heavy atom. The largest absolute Gasteiger partial charge is 0.315 e. The zero-order valence-electron chi connectivity index (χ0n) is 9.61. The molecule has 0 aromatic heterocycles. The van der Waals surface area contributed by atoms with Crippen LogP contribution in [0.4, 0.5) is 0 Å².